The normalized spacial score (nSPS) is 18.0. The number of hydrogen-bond donors (Lipinski definition) is 0. The van der Waals surface area contributed by atoms with Crippen molar-refractivity contribution in [2.24, 2.45) is 0 Å². The van der Waals surface area contributed by atoms with Crippen LogP contribution < -0.4 is 0 Å². The Morgan fingerprint density at radius 3 is 2.62 bits per heavy atom. The summed E-state index contributed by atoms with van der Waals surface area (Å²) in [6.45, 7) is 2.85. The number of hydrogen-bond acceptors (Lipinski definition) is 7. The highest BCUT2D eigenvalue weighted by molar-refractivity contribution is 7.99. The van der Waals surface area contributed by atoms with E-state index < -0.39 is 40.1 Å². The standard InChI is InChI=1S/C20H21F3N2O5S2/c1-12-8-16(13(2)25(12)14-5-7-32(28,29)10-14)17(26)9-30-19(27)15-4-3-6-24-18(15)31-11-20(21,22)23/h3-4,6,8,14H,5,7,9-11H2,1-2H3. The lowest BCUT2D eigenvalue weighted by Crippen LogP contribution is -2.17. The molecule has 3 heterocycles. The van der Waals surface area contributed by atoms with Crippen molar-refractivity contribution in [1.82, 2.24) is 9.55 Å². The molecule has 0 bridgehead atoms. The van der Waals surface area contributed by atoms with E-state index in [0.717, 1.165) is 5.69 Å². The molecule has 1 atom stereocenters. The predicted octanol–water partition coefficient (Wildman–Crippen LogP) is 3.55. The topological polar surface area (TPSA) is 95.3 Å². The Balaban J connectivity index is 1.69. The summed E-state index contributed by atoms with van der Waals surface area (Å²) in [7, 11) is -3.11. The minimum Gasteiger partial charge on any atom is -0.454 e. The molecular weight excluding hydrogens is 469 g/mol. The smallest absolute Gasteiger partial charge is 0.398 e. The minimum atomic E-state index is -4.43. The van der Waals surface area contributed by atoms with Crippen LogP contribution >= 0.6 is 11.8 Å². The van der Waals surface area contributed by atoms with E-state index in [1.165, 1.54) is 18.3 Å². The van der Waals surface area contributed by atoms with Crippen LogP contribution in [0.25, 0.3) is 0 Å². The number of nitrogens with zero attached hydrogens (tertiary/aromatic N) is 2. The van der Waals surface area contributed by atoms with Crippen LogP contribution in [0.1, 0.15) is 44.6 Å². The average Bonchev–Trinajstić information content (AvgIpc) is 3.21. The molecule has 1 aliphatic heterocycles. The maximum absolute atomic E-state index is 12.7. The molecule has 0 aliphatic carbocycles. The molecule has 2 aromatic rings. The Hall–Kier alpha value is -2.34. The van der Waals surface area contributed by atoms with E-state index in [0.29, 0.717) is 29.4 Å². The Morgan fingerprint density at radius 2 is 2.00 bits per heavy atom. The maximum atomic E-state index is 12.7. The fraction of sp³-hybridized carbons (Fsp3) is 0.450. The molecule has 0 amide bonds. The van der Waals surface area contributed by atoms with Gasteiger partial charge in [-0.1, -0.05) is 11.8 Å². The van der Waals surface area contributed by atoms with Gasteiger partial charge in [0.1, 0.15) is 5.03 Å². The van der Waals surface area contributed by atoms with Gasteiger partial charge in [-0.3, -0.25) is 4.79 Å². The van der Waals surface area contributed by atoms with E-state index in [1.807, 2.05) is 4.57 Å². The minimum absolute atomic E-state index is 0.00531. The lowest BCUT2D eigenvalue weighted by molar-refractivity contribution is -0.105. The molecule has 0 aromatic carbocycles. The number of Topliss-reactive ketones (excluding diaryl/α,β-unsaturated/α-hetero) is 1. The van der Waals surface area contributed by atoms with Gasteiger partial charge in [0.25, 0.3) is 0 Å². The number of rotatable bonds is 7. The first-order valence-corrected chi connectivity index (χ1v) is 12.4. The summed E-state index contributed by atoms with van der Waals surface area (Å²) in [5, 5.41) is -0.136. The van der Waals surface area contributed by atoms with E-state index in [1.54, 1.807) is 19.9 Å². The van der Waals surface area contributed by atoms with Crippen molar-refractivity contribution in [3.63, 3.8) is 0 Å². The monoisotopic (exact) mass is 490 g/mol. The SMILES string of the molecule is Cc1cc(C(=O)COC(=O)c2cccnc2SCC(F)(F)F)c(C)n1C1CCS(=O)(=O)C1. The highest BCUT2D eigenvalue weighted by atomic mass is 32.2. The molecule has 1 fully saturated rings. The van der Waals surface area contributed by atoms with E-state index in [2.05, 4.69) is 4.98 Å². The number of carbonyl (C=O) groups is 2. The summed E-state index contributed by atoms with van der Waals surface area (Å²) in [5.74, 6) is -2.56. The molecule has 2 aromatic heterocycles. The largest absolute Gasteiger partial charge is 0.454 e. The number of carbonyl (C=O) groups excluding carboxylic acids is 2. The zero-order valence-corrected chi connectivity index (χ0v) is 18.9. The van der Waals surface area contributed by atoms with Crippen LogP contribution in [0.2, 0.25) is 0 Å². The highest BCUT2D eigenvalue weighted by Crippen LogP contribution is 2.30. The summed E-state index contributed by atoms with van der Waals surface area (Å²) in [6, 6.07) is 4.03. The van der Waals surface area contributed by atoms with E-state index in [-0.39, 0.29) is 28.1 Å². The average molecular weight is 491 g/mol. The molecule has 0 radical (unpaired) electrons. The number of ether oxygens (including phenoxy) is 1. The second-order valence-corrected chi connectivity index (χ2v) is 10.7. The Bertz CT molecular complexity index is 1140. The van der Waals surface area contributed by atoms with Crippen LogP contribution in [0, 0.1) is 13.8 Å². The third kappa shape index (κ3) is 5.71. The van der Waals surface area contributed by atoms with Gasteiger partial charge in [-0.05, 0) is 38.5 Å². The summed E-state index contributed by atoms with van der Waals surface area (Å²) in [4.78, 5) is 28.9. The zero-order chi connectivity index (χ0) is 23.7. The lowest BCUT2D eigenvalue weighted by atomic mass is 10.1. The lowest BCUT2D eigenvalue weighted by Gasteiger charge is -2.16. The Morgan fingerprint density at radius 1 is 1.28 bits per heavy atom. The first kappa shape index (κ1) is 24.3. The molecule has 32 heavy (non-hydrogen) atoms. The van der Waals surface area contributed by atoms with Gasteiger partial charge in [0, 0.05) is 29.2 Å². The number of aryl methyl sites for hydroxylation is 1. The molecule has 3 rings (SSSR count). The van der Waals surface area contributed by atoms with Gasteiger partial charge in [-0.15, -0.1) is 0 Å². The van der Waals surface area contributed by atoms with Gasteiger partial charge < -0.3 is 9.30 Å². The molecule has 12 heteroatoms. The van der Waals surface area contributed by atoms with Crippen molar-refractivity contribution < 1.29 is 35.9 Å². The van der Waals surface area contributed by atoms with Crippen LogP contribution in [0.3, 0.4) is 0 Å². The fourth-order valence-electron chi connectivity index (χ4n) is 3.70. The first-order valence-electron chi connectivity index (χ1n) is 9.61. The fourth-order valence-corrected chi connectivity index (χ4v) is 6.14. The van der Waals surface area contributed by atoms with Gasteiger partial charge in [-0.25, -0.2) is 18.2 Å². The third-order valence-electron chi connectivity index (χ3n) is 5.06. The van der Waals surface area contributed by atoms with Crippen molar-refractivity contribution in [2.45, 2.75) is 37.5 Å². The maximum Gasteiger partial charge on any atom is 0.398 e. The summed E-state index contributed by atoms with van der Waals surface area (Å²) in [6.07, 6.45) is -2.71. The summed E-state index contributed by atoms with van der Waals surface area (Å²) >= 11 is 0.360. The summed E-state index contributed by atoms with van der Waals surface area (Å²) < 4.78 is 68.0. The molecular formula is C20H21F3N2O5S2. The number of pyridine rings is 1. The van der Waals surface area contributed by atoms with E-state index in [4.69, 9.17) is 4.74 Å². The number of esters is 1. The van der Waals surface area contributed by atoms with Crippen molar-refractivity contribution in [2.75, 3.05) is 23.9 Å². The molecule has 0 spiro atoms. The molecule has 174 valence electrons. The predicted molar refractivity (Wildman–Crippen MR) is 112 cm³/mol. The highest BCUT2D eigenvalue weighted by Gasteiger charge is 2.32. The van der Waals surface area contributed by atoms with Crippen LogP contribution in [0.5, 0.6) is 0 Å². The van der Waals surface area contributed by atoms with Crippen LogP contribution in [-0.4, -0.2) is 59.8 Å². The van der Waals surface area contributed by atoms with Crippen molar-refractivity contribution >= 4 is 33.4 Å². The van der Waals surface area contributed by atoms with Crippen molar-refractivity contribution in [1.29, 1.82) is 0 Å². The molecule has 7 nitrogen and oxygen atoms in total. The van der Waals surface area contributed by atoms with E-state index in [9.17, 15) is 31.2 Å². The van der Waals surface area contributed by atoms with Crippen LogP contribution in [-0.2, 0) is 14.6 Å². The number of ketones is 1. The van der Waals surface area contributed by atoms with Crippen LogP contribution in [0.15, 0.2) is 29.4 Å². The van der Waals surface area contributed by atoms with Gasteiger partial charge in [-0.2, -0.15) is 13.2 Å². The molecule has 1 unspecified atom stereocenters. The quantitative estimate of drug-likeness (QED) is 0.333. The number of halogens is 3. The Labute approximate surface area is 187 Å². The Kier molecular flexibility index (Phi) is 7.03. The summed E-state index contributed by atoms with van der Waals surface area (Å²) in [5.41, 5.74) is 1.44. The third-order valence-corrected chi connectivity index (χ3v) is 7.88. The van der Waals surface area contributed by atoms with Gasteiger partial charge in [0.2, 0.25) is 5.78 Å². The molecule has 0 saturated carbocycles. The molecule has 0 N–H and O–H groups in total. The van der Waals surface area contributed by atoms with Gasteiger partial charge >= 0.3 is 12.1 Å². The number of alkyl halides is 3. The number of thioether (sulfide) groups is 1. The van der Waals surface area contributed by atoms with Crippen molar-refractivity contribution in [3.8, 4) is 0 Å². The molecule has 1 saturated heterocycles. The first-order chi connectivity index (χ1) is 14.9. The second-order valence-electron chi connectivity index (χ2n) is 7.47. The van der Waals surface area contributed by atoms with Crippen molar-refractivity contribution in [3.05, 3.63) is 46.9 Å². The van der Waals surface area contributed by atoms with Crippen LogP contribution in [0.4, 0.5) is 13.2 Å². The van der Waals surface area contributed by atoms with Gasteiger partial charge in [0.15, 0.2) is 16.4 Å². The zero-order valence-electron chi connectivity index (χ0n) is 17.3. The van der Waals surface area contributed by atoms with Gasteiger partial charge in [0.05, 0.1) is 22.8 Å². The number of aromatic nitrogens is 2. The number of sulfone groups is 1. The molecule has 1 aliphatic rings. The second kappa shape index (κ2) is 9.26. The van der Waals surface area contributed by atoms with E-state index >= 15 is 0 Å².